The minimum Gasteiger partial charge on any atom is -0.507 e. The van der Waals surface area contributed by atoms with Crippen LogP contribution in [0.1, 0.15) is 15.9 Å². The van der Waals surface area contributed by atoms with E-state index < -0.39 is 17.6 Å². The van der Waals surface area contributed by atoms with Gasteiger partial charge in [0.2, 0.25) is 0 Å². The Balaban J connectivity index is 1.93. The van der Waals surface area contributed by atoms with Crippen LogP contribution in [-0.4, -0.2) is 28.7 Å². The van der Waals surface area contributed by atoms with Gasteiger partial charge in [-0.2, -0.15) is 0 Å². The molecule has 2 rings (SSSR count). The number of aromatic hydroxyl groups is 1. The van der Waals surface area contributed by atoms with Crippen LogP contribution in [0.5, 0.6) is 11.5 Å². The number of anilines is 1. The van der Waals surface area contributed by atoms with Crippen LogP contribution in [0.25, 0.3) is 0 Å². The maximum absolute atomic E-state index is 11.7. The number of ether oxygens (including phenoxy) is 1. The Labute approximate surface area is 127 Å². The summed E-state index contributed by atoms with van der Waals surface area (Å²) >= 11 is 0. The van der Waals surface area contributed by atoms with Crippen molar-refractivity contribution in [3.8, 4) is 11.5 Å². The van der Waals surface area contributed by atoms with E-state index in [9.17, 15) is 14.7 Å². The number of phenols is 1. The zero-order chi connectivity index (χ0) is 16.1. The van der Waals surface area contributed by atoms with E-state index in [0.29, 0.717) is 11.4 Å². The summed E-state index contributed by atoms with van der Waals surface area (Å²) in [5.74, 6) is -1.49. The zero-order valence-corrected chi connectivity index (χ0v) is 11.9. The first kappa shape index (κ1) is 15.4. The van der Waals surface area contributed by atoms with Gasteiger partial charge < -0.3 is 20.3 Å². The fraction of sp³-hybridized carbons (Fsp3) is 0.125. The Bertz CT molecular complexity index is 694. The van der Waals surface area contributed by atoms with Gasteiger partial charge in [-0.05, 0) is 31.2 Å². The van der Waals surface area contributed by atoms with E-state index >= 15 is 0 Å². The largest absolute Gasteiger partial charge is 0.507 e. The van der Waals surface area contributed by atoms with Crippen LogP contribution in [0.4, 0.5) is 5.69 Å². The van der Waals surface area contributed by atoms with E-state index in [4.69, 9.17) is 9.84 Å². The Morgan fingerprint density at radius 2 is 1.82 bits per heavy atom. The summed E-state index contributed by atoms with van der Waals surface area (Å²) in [6.45, 7) is 1.76. The lowest BCUT2D eigenvalue weighted by Crippen LogP contribution is -2.20. The standard InChI is InChI=1S/C16H15NO5/c1-10-2-5-12(6-3-10)22-9-15(19)17-11-4-7-13(16(20)21)14(18)8-11/h2-8,18H,9H2,1H3,(H,17,19)(H,20,21). The van der Waals surface area contributed by atoms with Crippen LogP contribution in [0.2, 0.25) is 0 Å². The molecule has 1 amide bonds. The molecule has 3 N–H and O–H groups in total. The predicted molar refractivity (Wildman–Crippen MR) is 80.4 cm³/mol. The average molecular weight is 301 g/mol. The topological polar surface area (TPSA) is 95.9 Å². The van der Waals surface area contributed by atoms with Crippen LogP contribution in [0.3, 0.4) is 0 Å². The number of aromatic carboxylic acids is 1. The van der Waals surface area contributed by atoms with Gasteiger partial charge in [0.15, 0.2) is 6.61 Å². The quantitative estimate of drug-likeness (QED) is 0.788. The first-order chi connectivity index (χ1) is 10.5. The second kappa shape index (κ2) is 6.62. The van der Waals surface area contributed by atoms with Gasteiger partial charge in [-0.25, -0.2) is 4.79 Å². The summed E-state index contributed by atoms with van der Waals surface area (Å²) in [5.41, 5.74) is 1.15. The fourth-order valence-electron chi connectivity index (χ4n) is 1.77. The number of carboxylic acid groups (broad SMARTS) is 1. The van der Waals surface area contributed by atoms with Gasteiger partial charge in [-0.15, -0.1) is 0 Å². The number of carboxylic acids is 1. The lowest BCUT2D eigenvalue weighted by atomic mass is 10.2. The van der Waals surface area contributed by atoms with E-state index in [1.54, 1.807) is 12.1 Å². The van der Waals surface area contributed by atoms with Crippen molar-refractivity contribution < 1.29 is 24.5 Å². The molecule has 0 heterocycles. The van der Waals surface area contributed by atoms with E-state index in [0.717, 1.165) is 5.56 Å². The summed E-state index contributed by atoms with van der Waals surface area (Å²) in [6.07, 6.45) is 0. The molecule has 2 aromatic rings. The van der Waals surface area contributed by atoms with Crippen molar-refractivity contribution in [2.24, 2.45) is 0 Å². The van der Waals surface area contributed by atoms with Crippen molar-refractivity contribution in [2.45, 2.75) is 6.92 Å². The van der Waals surface area contributed by atoms with Crippen LogP contribution in [0, 0.1) is 6.92 Å². The molecule has 114 valence electrons. The highest BCUT2D eigenvalue weighted by Gasteiger charge is 2.11. The van der Waals surface area contributed by atoms with Gasteiger partial charge in [-0.3, -0.25) is 4.79 Å². The molecule has 0 aromatic heterocycles. The molecule has 0 spiro atoms. The Morgan fingerprint density at radius 3 is 2.41 bits per heavy atom. The average Bonchev–Trinajstić information content (AvgIpc) is 2.46. The molecule has 22 heavy (non-hydrogen) atoms. The van der Waals surface area contributed by atoms with Crippen molar-refractivity contribution >= 4 is 17.6 Å². The molecule has 0 saturated heterocycles. The maximum atomic E-state index is 11.7. The van der Waals surface area contributed by atoms with E-state index in [2.05, 4.69) is 5.32 Å². The first-order valence-corrected chi connectivity index (χ1v) is 6.51. The second-order valence-electron chi connectivity index (χ2n) is 4.69. The van der Waals surface area contributed by atoms with Crippen LogP contribution >= 0.6 is 0 Å². The van der Waals surface area contributed by atoms with Crippen molar-refractivity contribution in [3.63, 3.8) is 0 Å². The van der Waals surface area contributed by atoms with E-state index in [-0.39, 0.29) is 12.2 Å². The molecule has 0 bridgehead atoms. The van der Waals surface area contributed by atoms with Gasteiger partial charge >= 0.3 is 5.97 Å². The molecular formula is C16H15NO5. The summed E-state index contributed by atoms with van der Waals surface area (Å²) in [6, 6.07) is 11.0. The summed E-state index contributed by atoms with van der Waals surface area (Å²) in [4.78, 5) is 22.5. The number of benzene rings is 2. The lowest BCUT2D eigenvalue weighted by molar-refractivity contribution is -0.118. The Morgan fingerprint density at radius 1 is 1.14 bits per heavy atom. The molecule has 0 atom stereocenters. The zero-order valence-electron chi connectivity index (χ0n) is 11.9. The predicted octanol–water partition coefficient (Wildman–Crippen LogP) is 2.42. The molecule has 0 fully saturated rings. The monoisotopic (exact) mass is 301 g/mol. The normalized spacial score (nSPS) is 10.0. The Hall–Kier alpha value is -3.02. The van der Waals surface area contributed by atoms with Crippen molar-refractivity contribution in [3.05, 3.63) is 53.6 Å². The maximum Gasteiger partial charge on any atom is 0.339 e. The molecule has 0 radical (unpaired) electrons. The number of amides is 1. The highest BCUT2D eigenvalue weighted by atomic mass is 16.5. The molecular weight excluding hydrogens is 286 g/mol. The molecule has 0 unspecified atom stereocenters. The smallest absolute Gasteiger partial charge is 0.339 e. The third-order valence-corrected chi connectivity index (χ3v) is 2.90. The van der Waals surface area contributed by atoms with Gasteiger partial charge in [0, 0.05) is 11.8 Å². The minimum atomic E-state index is -1.24. The van der Waals surface area contributed by atoms with Crippen LogP contribution in [0.15, 0.2) is 42.5 Å². The SMILES string of the molecule is Cc1ccc(OCC(=O)Nc2ccc(C(=O)O)c(O)c2)cc1. The van der Waals surface area contributed by atoms with Gasteiger partial charge in [-0.1, -0.05) is 17.7 Å². The second-order valence-corrected chi connectivity index (χ2v) is 4.69. The lowest BCUT2D eigenvalue weighted by Gasteiger charge is -2.08. The third kappa shape index (κ3) is 3.99. The van der Waals surface area contributed by atoms with Gasteiger partial charge in [0.25, 0.3) is 5.91 Å². The molecule has 2 aromatic carbocycles. The number of hydrogen-bond donors (Lipinski definition) is 3. The Kier molecular flexibility index (Phi) is 4.63. The van der Waals surface area contributed by atoms with Crippen molar-refractivity contribution in [1.82, 2.24) is 0 Å². The number of nitrogens with one attached hydrogen (secondary N) is 1. The number of rotatable bonds is 5. The van der Waals surface area contributed by atoms with E-state index in [1.165, 1.54) is 18.2 Å². The number of carbonyl (C=O) groups is 2. The summed E-state index contributed by atoms with van der Waals surface area (Å²) in [7, 11) is 0. The number of carbonyl (C=O) groups excluding carboxylic acids is 1. The minimum absolute atomic E-state index is 0.190. The molecule has 0 aliphatic carbocycles. The number of aryl methyl sites for hydroxylation is 1. The van der Waals surface area contributed by atoms with Gasteiger partial charge in [0.1, 0.15) is 17.1 Å². The highest BCUT2D eigenvalue weighted by molar-refractivity contribution is 5.95. The van der Waals surface area contributed by atoms with Crippen molar-refractivity contribution in [1.29, 1.82) is 0 Å². The fourth-order valence-corrected chi connectivity index (χ4v) is 1.77. The molecule has 0 aliphatic rings. The molecule has 6 heteroatoms. The number of hydrogen-bond acceptors (Lipinski definition) is 4. The molecule has 6 nitrogen and oxygen atoms in total. The highest BCUT2D eigenvalue weighted by Crippen LogP contribution is 2.22. The summed E-state index contributed by atoms with van der Waals surface area (Å²) < 4.78 is 5.32. The third-order valence-electron chi connectivity index (χ3n) is 2.90. The van der Waals surface area contributed by atoms with Gasteiger partial charge in [0.05, 0.1) is 0 Å². The first-order valence-electron chi connectivity index (χ1n) is 6.51. The summed E-state index contributed by atoms with van der Waals surface area (Å²) in [5, 5.41) is 20.9. The van der Waals surface area contributed by atoms with Crippen LogP contribution in [-0.2, 0) is 4.79 Å². The molecule has 0 saturated carbocycles. The van der Waals surface area contributed by atoms with Crippen molar-refractivity contribution in [2.75, 3.05) is 11.9 Å². The van der Waals surface area contributed by atoms with Crippen LogP contribution < -0.4 is 10.1 Å². The molecule has 0 aliphatic heterocycles. The van der Waals surface area contributed by atoms with E-state index in [1.807, 2.05) is 19.1 Å².